The van der Waals surface area contributed by atoms with E-state index < -0.39 is 0 Å². The van der Waals surface area contributed by atoms with Crippen LogP contribution >= 0.6 is 0 Å². The van der Waals surface area contributed by atoms with Crippen molar-refractivity contribution in [3.8, 4) is 0 Å². The average Bonchev–Trinajstić information content (AvgIpc) is 2.47. The van der Waals surface area contributed by atoms with E-state index in [0.29, 0.717) is 25.3 Å². The van der Waals surface area contributed by atoms with Gasteiger partial charge in [0.05, 0.1) is 24.9 Å². The second kappa shape index (κ2) is 8.61. The fraction of sp³-hybridized carbons (Fsp3) is 0.533. The van der Waals surface area contributed by atoms with E-state index in [1.807, 2.05) is 19.9 Å². The topological polar surface area (TPSA) is 76.8 Å². The summed E-state index contributed by atoms with van der Waals surface area (Å²) in [5.41, 5.74) is 4.96. The van der Waals surface area contributed by atoms with E-state index in [9.17, 15) is 4.79 Å². The second-order valence-electron chi connectivity index (χ2n) is 4.97. The standard InChI is InChI=1S/C15H25N3O3/c1-11-9-13(5-6-14(11)17-16)15(19)18(7-8-20-3)12(2)10-21-4/h5-6,9,12,17H,7-8,10,16H2,1-4H3. The molecule has 6 nitrogen and oxygen atoms in total. The molecular weight excluding hydrogens is 270 g/mol. The lowest BCUT2D eigenvalue weighted by molar-refractivity contribution is 0.0479. The van der Waals surface area contributed by atoms with Crippen LogP contribution < -0.4 is 11.3 Å². The highest BCUT2D eigenvalue weighted by Gasteiger charge is 2.21. The summed E-state index contributed by atoms with van der Waals surface area (Å²) in [4.78, 5) is 14.4. The zero-order valence-electron chi connectivity index (χ0n) is 13.2. The zero-order valence-corrected chi connectivity index (χ0v) is 13.2. The van der Waals surface area contributed by atoms with Crippen LogP contribution in [0.4, 0.5) is 5.69 Å². The van der Waals surface area contributed by atoms with Crippen molar-refractivity contribution in [2.75, 3.05) is 39.4 Å². The number of nitrogens with two attached hydrogens (primary N) is 1. The monoisotopic (exact) mass is 295 g/mol. The molecule has 6 heteroatoms. The van der Waals surface area contributed by atoms with Gasteiger partial charge < -0.3 is 19.8 Å². The highest BCUT2D eigenvalue weighted by atomic mass is 16.5. The molecule has 1 unspecified atom stereocenters. The minimum atomic E-state index is -0.0386. The number of nitrogens with one attached hydrogen (secondary N) is 1. The first kappa shape index (κ1) is 17.4. The van der Waals surface area contributed by atoms with E-state index >= 15 is 0 Å². The number of carbonyl (C=O) groups excluding carboxylic acids is 1. The summed E-state index contributed by atoms with van der Waals surface area (Å²) in [7, 11) is 3.25. The van der Waals surface area contributed by atoms with Crippen LogP contribution in [0.2, 0.25) is 0 Å². The molecule has 0 aliphatic heterocycles. The first-order valence-electron chi connectivity index (χ1n) is 6.91. The summed E-state index contributed by atoms with van der Waals surface area (Å²) in [6.45, 7) is 5.36. The molecule has 0 spiro atoms. The van der Waals surface area contributed by atoms with Crippen molar-refractivity contribution < 1.29 is 14.3 Å². The van der Waals surface area contributed by atoms with Crippen LogP contribution in [0.1, 0.15) is 22.8 Å². The highest BCUT2D eigenvalue weighted by molar-refractivity contribution is 5.95. The van der Waals surface area contributed by atoms with E-state index in [2.05, 4.69) is 5.43 Å². The molecule has 0 aromatic heterocycles. The van der Waals surface area contributed by atoms with Crippen LogP contribution in [0.5, 0.6) is 0 Å². The lowest BCUT2D eigenvalue weighted by Crippen LogP contribution is -2.43. The van der Waals surface area contributed by atoms with Crippen LogP contribution in [0.3, 0.4) is 0 Å². The summed E-state index contributed by atoms with van der Waals surface area (Å²) in [5, 5.41) is 0. The number of nitrogen functional groups attached to an aromatic ring is 1. The number of anilines is 1. The number of ether oxygens (including phenoxy) is 2. The number of rotatable bonds is 8. The van der Waals surface area contributed by atoms with Gasteiger partial charge in [-0.05, 0) is 37.6 Å². The number of hydrazine groups is 1. The number of hydrogen-bond acceptors (Lipinski definition) is 5. The minimum absolute atomic E-state index is 0.0229. The van der Waals surface area contributed by atoms with Crippen molar-refractivity contribution in [1.29, 1.82) is 0 Å². The van der Waals surface area contributed by atoms with Gasteiger partial charge >= 0.3 is 0 Å². The summed E-state index contributed by atoms with van der Waals surface area (Å²) in [6.07, 6.45) is 0. The molecule has 1 amide bonds. The Morgan fingerprint density at radius 3 is 2.62 bits per heavy atom. The van der Waals surface area contributed by atoms with E-state index in [1.165, 1.54) is 0 Å². The first-order chi connectivity index (χ1) is 10.0. The molecule has 1 rings (SSSR count). The molecule has 0 bridgehead atoms. The maximum absolute atomic E-state index is 12.7. The average molecular weight is 295 g/mol. The molecular formula is C15H25N3O3. The third kappa shape index (κ3) is 4.70. The Morgan fingerprint density at radius 2 is 2.10 bits per heavy atom. The van der Waals surface area contributed by atoms with Crippen molar-refractivity contribution in [3.63, 3.8) is 0 Å². The molecule has 1 aromatic rings. The van der Waals surface area contributed by atoms with Crippen LogP contribution in [0, 0.1) is 6.92 Å². The molecule has 0 saturated carbocycles. The molecule has 0 aliphatic carbocycles. The Morgan fingerprint density at radius 1 is 1.38 bits per heavy atom. The van der Waals surface area contributed by atoms with Gasteiger partial charge in [0.2, 0.25) is 0 Å². The largest absolute Gasteiger partial charge is 0.383 e. The van der Waals surface area contributed by atoms with Gasteiger partial charge in [-0.15, -0.1) is 0 Å². The predicted molar refractivity (Wildman–Crippen MR) is 83.2 cm³/mol. The molecule has 118 valence electrons. The Kier molecular flexibility index (Phi) is 7.14. The summed E-state index contributed by atoms with van der Waals surface area (Å²) < 4.78 is 10.2. The van der Waals surface area contributed by atoms with Gasteiger partial charge in [0.15, 0.2) is 0 Å². The molecule has 1 aromatic carbocycles. The Hall–Kier alpha value is -1.63. The van der Waals surface area contributed by atoms with Crippen LogP contribution in [-0.4, -0.2) is 50.8 Å². The summed E-state index contributed by atoms with van der Waals surface area (Å²) in [5.74, 6) is 5.37. The van der Waals surface area contributed by atoms with Crippen molar-refractivity contribution in [2.24, 2.45) is 5.84 Å². The first-order valence-corrected chi connectivity index (χ1v) is 6.91. The number of aryl methyl sites for hydroxylation is 1. The highest BCUT2D eigenvalue weighted by Crippen LogP contribution is 2.17. The number of carbonyl (C=O) groups is 1. The molecule has 21 heavy (non-hydrogen) atoms. The molecule has 0 aliphatic rings. The number of benzene rings is 1. The molecule has 0 radical (unpaired) electrons. The van der Waals surface area contributed by atoms with E-state index in [1.54, 1.807) is 31.3 Å². The van der Waals surface area contributed by atoms with Crippen molar-refractivity contribution >= 4 is 11.6 Å². The second-order valence-corrected chi connectivity index (χ2v) is 4.97. The van der Waals surface area contributed by atoms with Crippen molar-refractivity contribution in [2.45, 2.75) is 19.9 Å². The smallest absolute Gasteiger partial charge is 0.254 e. The third-order valence-electron chi connectivity index (χ3n) is 3.37. The predicted octanol–water partition coefficient (Wildman–Crippen LogP) is 1.40. The van der Waals surface area contributed by atoms with Crippen molar-refractivity contribution in [3.05, 3.63) is 29.3 Å². The SMILES string of the molecule is COCCN(C(=O)c1ccc(NN)c(C)c1)C(C)COC. The van der Waals surface area contributed by atoms with Crippen LogP contribution in [0.25, 0.3) is 0 Å². The molecule has 1 atom stereocenters. The molecule has 0 saturated heterocycles. The maximum atomic E-state index is 12.7. The summed E-state index contributed by atoms with van der Waals surface area (Å²) >= 11 is 0. The summed E-state index contributed by atoms with van der Waals surface area (Å²) in [6, 6.07) is 5.38. The molecule has 0 fully saturated rings. The van der Waals surface area contributed by atoms with Gasteiger partial charge in [-0.1, -0.05) is 0 Å². The number of amides is 1. The molecule has 0 heterocycles. The zero-order chi connectivity index (χ0) is 15.8. The molecule has 3 N–H and O–H groups in total. The van der Waals surface area contributed by atoms with Crippen molar-refractivity contribution in [1.82, 2.24) is 4.90 Å². The van der Waals surface area contributed by atoms with Gasteiger partial charge in [-0.2, -0.15) is 0 Å². The Balaban J connectivity index is 2.95. The fourth-order valence-corrected chi connectivity index (χ4v) is 2.17. The van der Waals surface area contributed by atoms with Gasteiger partial charge in [0.1, 0.15) is 0 Å². The van der Waals surface area contributed by atoms with Gasteiger partial charge in [0, 0.05) is 26.3 Å². The number of methoxy groups -OCH3 is 2. The van der Waals surface area contributed by atoms with Gasteiger partial charge in [0.25, 0.3) is 5.91 Å². The van der Waals surface area contributed by atoms with Gasteiger partial charge in [-0.3, -0.25) is 10.6 Å². The Labute approximate surface area is 126 Å². The van der Waals surface area contributed by atoms with Gasteiger partial charge in [-0.25, -0.2) is 0 Å². The third-order valence-corrected chi connectivity index (χ3v) is 3.37. The maximum Gasteiger partial charge on any atom is 0.254 e. The quantitative estimate of drug-likeness (QED) is 0.560. The number of hydrogen-bond donors (Lipinski definition) is 2. The van der Waals surface area contributed by atoms with E-state index in [4.69, 9.17) is 15.3 Å². The normalized spacial score (nSPS) is 12.0. The lowest BCUT2D eigenvalue weighted by atomic mass is 10.1. The van der Waals surface area contributed by atoms with E-state index in [-0.39, 0.29) is 11.9 Å². The lowest BCUT2D eigenvalue weighted by Gasteiger charge is -2.29. The minimum Gasteiger partial charge on any atom is -0.383 e. The fourth-order valence-electron chi connectivity index (χ4n) is 2.17. The Bertz CT molecular complexity index is 465. The van der Waals surface area contributed by atoms with Crippen LogP contribution in [0.15, 0.2) is 18.2 Å². The van der Waals surface area contributed by atoms with Crippen LogP contribution in [-0.2, 0) is 9.47 Å². The van der Waals surface area contributed by atoms with E-state index in [0.717, 1.165) is 11.3 Å². The number of nitrogens with zero attached hydrogens (tertiary/aromatic N) is 1.